The molecule has 1 unspecified atom stereocenters. The Morgan fingerprint density at radius 3 is 2.27 bits per heavy atom. The number of benzene rings is 1. The summed E-state index contributed by atoms with van der Waals surface area (Å²) in [5.41, 5.74) is 0.706. The largest absolute Gasteiger partial charge is 0.478 e. The molecule has 1 aliphatic rings. The molecule has 1 aromatic rings. The summed E-state index contributed by atoms with van der Waals surface area (Å²) in [5, 5.41) is 11.4. The lowest BCUT2D eigenvalue weighted by Crippen LogP contribution is -2.49. The third-order valence-corrected chi connectivity index (χ3v) is 3.99. The molecule has 2 amide bonds. The Balaban J connectivity index is 2.07. The normalized spacial score (nSPS) is 15.0. The third-order valence-electron chi connectivity index (χ3n) is 3.99. The molecule has 2 rings (SSSR count). The van der Waals surface area contributed by atoms with Crippen molar-refractivity contribution in [3.05, 3.63) is 35.9 Å². The Morgan fingerprint density at radius 1 is 1.08 bits per heavy atom. The van der Waals surface area contributed by atoms with E-state index < -0.39 is 35.8 Å². The minimum absolute atomic E-state index is 0.00856. The molecule has 0 radical (unpaired) electrons. The third kappa shape index (κ3) is 4.59. The highest BCUT2D eigenvalue weighted by Crippen LogP contribution is 2.16. The van der Waals surface area contributed by atoms with E-state index in [0.29, 0.717) is 12.0 Å². The summed E-state index contributed by atoms with van der Waals surface area (Å²) in [6.07, 6.45) is -1.84. The summed E-state index contributed by atoms with van der Waals surface area (Å²) in [4.78, 5) is 48.0. The number of hydrogen-bond donors (Lipinski definition) is 1. The zero-order valence-electron chi connectivity index (χ0n) is 14.8. The first-order valence-electron chi connectivity index (χ1n) is 8.41. The maximum Gasteiger partial charge on any atom is 0.429 e. The van der Waals surface area contributed by atoms with Crippen LogP contribution in [0.15, 0.2) is 30.3 Å². The number of nitrogens with zero attached hydrogens (tertiary/aromatic N) is 2. The number of aliphatic carboxylic acids is 1. The van der Waals surface area contributed by atoms with Gasteiger partial charge < -0.3 is 9.84 Å². The van der Waals surface area contributed by atoms with Gasteiger partial charge in [0.2, 0.25) is 11.9 Å². The van der Waals surface area contributed by atoms with Crippen LogP contribution in [0.25, 0.3) is 0 Å². The van der Waals surface area contributed by atoms with Crippen molar-refractivity contribution in [3.63, 3.8) is 0 Å². The summed E-state index contributed by atoms with van der Waals surface area (Å²) in [7, 11) is 0. The molecule has 0 bridgehead atoms. The first-order chi connectivity index (χ1) is 12.3. The van der Waals surface area contributed by atoms with E-state index in [9.17, 15) is 24.3 Å². The van der Waals surface area contributed by atoms with Crippen LogP contribution < -0.4 is 0 Å². The second-order valence-corrected chi connectivity index (χ2v) is 6.32. The van der Waals surface area contributed by atoms with Gasteiger partial charge in [-0.25, -0.2) is 19.6 Å². The van der Waals surface area contributed by atoms with Gasteiger partial charge in [-0.05, 0) is 12.0 Å². The van der Waals surface area contributed by atoms with E-state index in [0.717, 1.165) is 10.0 Å². The molecule has 0 aliphatic carbocycles. The first-order valence-corrected chi connectivity index (χ1v) is 8.41. The lowest BCUT2D eigenvalue weighted by Gasteiger charge is -2.28. The van der Waals surface area contributed by atoms with Gasteiger partial charge in [-0.3, -0.25) is 9.59 Å². The summed E-state index contributed by atoms with van der Waals surface area (Å²) < 4.78 is 5.10. The van der Waals surface area contributed by atoms with Gasteiger partial charge in [0.1, 0.15) is 0 Å². The van der Waals surface area contributed by atoms with Crippen LogP contribution >= 0.6 is 0 Å². The topological polar surface area (TPSA) is 104 Å². The van der Waals surface area contributed by atoms with E-state index in [-0.39, 0.29) is 19.5 Å². The van der Waals surface area contributed by atoms with Crippen LogP contribution in [0, 0.1) is 5.92 Å². The van der Waals surface area contributed by atoms with E-state index in [4.69, 9.17) is 4.74 Å². The highest BCUT2D eigenvalue weighted by Gasteiger charge is 2.37. The number of hydrogen-bond acceptors (Lipinski definition) is 5. The molecule has 1 saturated heterocycles. The predicted molar refractivity (Wildman–Crippen MR) is 90.9 cm³/mol. The molecule has 1 heterocycles. The highest BCUT2D eigenvalue weighted by molar-refractivity contribution is 6.36. The second kappa shape index (κ2) is 8.46. The van der Waals surface area contributed by atoms with E-state index >= 15 is 0 Å². The number of ketones is 1. The maximum atomic E-state index is 12.4. The van der Waals surface area contributed by atoms with E-state index in [1.807, 2.05) is 0 Å². The van der Waals surface area contributed by atoms with Gasteiger partial charge in [0.05, 0.1) is 0 Å². The van der Waals surface area contributed by atoms with Gasteiger partial charge >= 0.3 is 18.0 Å². The Bertz CT molecular complexity index is 688. The second-order valence-electron chi connectivity index (χ2n) is 6.32. The van der Waals surface area contributed by atoms with Crippen LogP contribution in [0.4, 0.5) is 4.79 Å². The minimum Gasteiger partial charge on any atom is -0.478 e. The zero-order valence-corrected chi connectivity index (χ0v) is 14.8. The molecule has 8 heteroatoms. The standard InChI is InChI=1S/C18H22N2O6/c1-12(2)15(21)16(22)19-9-6-10-20(19)18(25)26-14(17(23)24)11-13-7-4-3-5-8-13/h3-5,7-8,12,14H,6,9-11H2,1-2H3,(H,23,24). The molecular weight excluding hydrogens is 340 g/mol. The first kappa shape index (κ1) is 19.4. The van der Waals surface area contributed by atoms with Crippen molar-refractivity contribution in [3.8, 4) is 0 Å². The zero-order chi connectivity index (χ0) is 19.3. The van der Waals surface area contributed by atoms with Crippen molar-refractivity contribution in [1.29, 1.82) is 0 Å². The summed E-state index contributed by atoms with van der Waals surface area (Å²) >= 11 is 0. The molecule has 1 fully saturated rings. The van der Waals surface area contributed by atoms with Crippen molar-refractivity contribution >= 4 is 23.8 Å². The number of ether oxygens (including phenoxy) is 1. The number of Topliss-reactive ketones (excluding diaryl/α,β-unsaturated/α-hetero) is 1. The van der Waals surface area contributed by atoms with Crippen LogP contribution in [0.3, 0.4) is 0 Å². The van der Waals surface area contributed by atoms with Crippen LogP contribution in [0.1, 0.15) is 25.8 Å². The molecule has 0 aromatic heterocycles. The average Bonchev–Trinajstić information content (AvgIpc) is 3.10. The molecule has 140 valence electrons. The van der Waals surface area contributed by atoms with E-state index in [2.05, 4.69) is 0 Å². The minimum atomic E-state index is -1.39. The number of amides is 2. The fraction of sp³-hybridized carbons (Fsp3) is 0.444. The monoisotopic (exact) mass is 362 g/mol. The fourth-order valence-electron chi connectivity index (χ4n) is 2.58. The van der Waals surface area contributed by atoms with Crippen LogP contribution in [0.2, 0.25) is 0 Å². The van der Waals surface area contributed by atoms with Gasteiger partial charge in [0.25, 0.3) is 0 Å². The van der Waals surface area contributed by atoms with Crippen molar-refractivity contribution < 1.29 is 29.0 Å². The van der Waals surface area contributed by atoms with Gasteiger partial charge in [-0.15, -0.1) is 0 Å². The van der Waals surface area contributed by atoms with Gasteiger partial charge in [0.15, 0.2) is 0 Å². The number of rotatable bonds is 6. The summed E-state index contributed by atoms with van der Waals surface area (Å²) in [6.45, 7) is 3.59. The van der Waals surface area contributed by atoms with Crippen molar-refractivity contribution in [2.75, 3.05) is 13.1 Å². The number of carbonyl (C=O) groups is 4. The number of carboxylic acid groups (broad SMARTS) is 1. The van der Waals surface area contributed by atoms with Crippen molar-refractivity contribution in [2.45, 2.75) is 32.8 Å². The SMILES string of the molecule is CC(C)C(=O)C(=O)N1CCCN1C(=O)OC(Cc1ccccc1)C(=O)O. The average molecular weight is 362 g/mol. The van der Waals surface area contributed by atoms with Crippen LogP contribution in [0.5, 0.6) is 0 Å². The van der Waals surface area contributed by atoms with Gasteiger partial charge in [-0.1, -0.05) is 44.2 Å². The fourth-order valence-corrected chi connectivity index (χ4v) is 2.58. The highest BCUT2D eigenvalue weighted by atomic mass is 16.6. The van der Waals surface area contributed by atoms with Crippen molar-refractivity contribution in [2.24, 2.45) is 5.92 Å². The Hall–Kier alpha value is -2.90. The molecule has 1 aromatic carbocycles. The molecule has 0 spiro atoms. The maximum absolute atomic E-state index is 12.4. The molecule has 1 aliphatic heterocycles. The molecule has 8 nitrogen and oxygen atoms in total. The Morgan fingerprint density at radius 2 is 1.69 bits per heavy atom. The van der Waals surface area contributed by atoms with E-state index in [1.54, 1.807) is 44.2 Å². The molecular formula is C18H22N2O6. The predicted octanol–water partition coefficient (Wildman–Crippen LogP) is 1.49. The molecule has 26 heavy (non-hydrogen) atoms. The number of carboxylic acids is 1. The lowest BCUT2D eigenvalue weighted by atomic mass is 10.1. The van der Waals surface area contributed by atoms with Gasteiger partial charge in [0, 0.05) is 25.4 Å². The Labute approximate surface area is 151 Å². The Kier molecular flexibility index (Phi) is 6.32. The van der Waals surface area contributed by atoms with Crippen LogP contribution in [-0.4, -0.2) is 58.1 Å². The molecule has 1 N–H and O–H groups in total. The van der Waals surface area contributed by atoms with E-state index in [1.165, 1.54) is 0 Å². The number of carbonyl (C=O) groups excluding carboxylic acids is 3. The number of hydrazine groups is 1. The van der Waals surface area contributed by atoms with Crippen molar-refractivity contribution in [1.82, 2.24) is 10.0 Å². The lowest BCUT2D eigenvalue weighted by molar-refractivity contribution is -0.155. The summed E-state index contributed by atoms with van der Waals surface area (Å²) in [5.74, 6) is -3.17. The van der Waals surface area contributed by atoms with Gasteiger partial charge in [-0.2, -0.15) is 0 Å². The molecule has 1 atom stereocenters. The molecule has 0 saturated carbocycles. The smallest absolute Gasteiger partial charge is 0.429 e. The van der Waals surface area contributed by atoms with Crippen LogP contribution in [-0.2, 0) is 25.5 Å². The quantitative estimate of drug-likeness (QED) is 0.769. The summed E-state index contributed by atoms with van der Waals surface area (Å²) in [6, 6.07) is 8.78.